The van der Waals surface area contributed by atoms with E-state index in [4.69, 9.17) is 4.74 Å². The molecule has 0 amide bonds. The molecular weight excluding hydrogens is 528 g/mol. The molecule has 3 heterocycles. The van der Waals surface area contributed by atoms with Gasteiger partial charge in [-0.15, -0.1) is 11.3 Å². The van der Waals surface area contributed by atoms with E-state index in [0.29, 0.717) is 19.3 Å². The molecule has 0 bridgehead atoms. The van der Waals surface area contributed by atoms with E-state index in [-0.39, 0.29) is 30.2 Å². The number of aryl methyl sites for hydroxylation is 1. The van der Waals surface area contributed by atoms with Crippen molar-refractivity contribution in [2.24, 2.45) is 17.3 Å². The van der Waals surface area contributed by atoms with Crippen LogP contribution in [0.3, 0.4) is 0 Å². The summed E-state index contributed by atoms with van der Waals surface area (Å²) < 4.78 is 32.4. The van der Waals surface area contributed by atoms with E-state index in [0.717, 1.165) is 16.3 Å². The van der Waals surface area contributed by atoms with Gasteiger partial charge in [0.1, 0.15) is 11.9 Å². The highest BCUT2D eigenvalue weighted by molar-refractivity contribution is 7.88. The molecule has 0 aromatic carbocycles. The number of hydrogen-bond donors (Lipinski definition) is 2. The van der Waals surface area contributed by atoms with Crippen molar-refractivity contribution in [3.8, 4) is 0 Å². The number of rotatable bonds is 3. The smallest absolute Gasteiger partial charge is 0.309 e. The number of carbonyl (C=O) groups excluding carboxylic acids is 2. The van der Waals surface area contributed by atoms with Crippen LogP contribution >= 0.6 is 11.3 Å². The second-order valence-corrected chi connectivity index (χ2v) is 14.6. The van der Waals surface area contributed by atoms with Gasteiger partial charge in [-0.05, 0) is 44.3 Å². The Morgan fingerprint density at radius 2 is 1.87 bits per heavy atom. The molecule has 1 aromatic rings. The minimum Gasteiger partial charge on any atom is -0.458 e. The van der Waals surface area contributed by atoms with Crippen molar-refractivity contribution in [2.75, 3.05) is 6.26 Å². The lowest BCUT2D eigenvalue weighted by Gasteiger charge is -2.34. The molecule has 3 unspecified atom stereocenters. The number of Topliss-reactive ketones (excluding diaryl/α,β-unsaturated/α-hetero) is 1. The molecule has 8 atom stereocenters. The summed E-state index contributed by atoms with van der Waals surface area (Å²) in [5.41, 5.74) is 0.177. The van der Waals surface area contributed by atoms with Crippen molar-refractivity contribution in [3.05, 3.63) is 21.7 Å². The number of sulfonamides is 1. The molecule has 2 N–H and O–H groups in total. The van der Waals surface area contributed by atoms with Crippen LogP contribution in [0.2, 0.25) is 0 Å². The molecule has 2 saturated heterocycles. The molecule has 2 fully saturated rings. The monoisotopic (exact) mass is 570 g/mol. The van der Waals surface area contributed by atoms with E-state index in [2.05, 4.69) is 4.98 Å². The highest BCUT2D eigenvalue weighted by Gasteiger charge is 2.54. The number of esters is 1. The van der Waals surface area contributed by atoms with E-state index in [9.17, 15) is 28.2 Å². The minimum absolute atomic E-state index is 0.192. The Hall–Kier alpha value is -1.66. The Morgan fingerprint density at radius 3 is 2.45 bits per heavy atom. The second-order valence-electron chi connectivity index (χ2n) is 11.6. The highest BCUT2D eigenvalue weighted by atomic mass is 32.2. The van der Waals surface area contributed by atoms with Gasteiger partial charge in [0.25, 0.3) is 0 Å². The van der Waals surface area contributed by atoms with Gasteiger partial charge in [0.15, 0.2) is 0 Å². The number of ketones is 1. The van der Waals surface area contributed by atoms with Gasteiger partial charge in [0.2, 0.25) is 10.0 Å². The number of aromatic nitrogens is 1. The normalized spacial score (nSPS) is 35.9. The van der Waals surface area contributed by atoms with E-state index in [1.807, 2.05) is 32.2 Å². The Labute approximate surface area is 230 Å². The molecule has 38 heavy (non-hydrogen) atoms. The van der Waals surface area contributed by atoms with Crippen LogP contribution in [0.25, 0.3) is 6.08 Å². The lowest BCUT2D eigenvalue weighted by Crippen LogP contribution is -2.45. The SMILES string of the molecule is C/C(=C\c1csc(C)n1)C1CC2[C@@H](CCC[C@H](C)[C@H](O)[C@@H](C)C(=O)C(C)(C)[C@@H](O)CC(=O)O1)N2S(C)(=O)=O. The molecule has 3 rings (SSSR count). The lowest BCUT2D eigenvalue weighted by molar-refractivity contribution is -0.154. The average Bonchev–Trinajstić information content (AvgIpc) is 3.36. The number of aliphatic hydroxyl groups excluding tert-OH is 2. The predicted molar refractivity (Wildman–Crippen MR) is 147 cm³/mol. The summed E-state index contributed by atoms with van der Waals surface area (Å²) in [5, 5.41) is 24.6. The first-order valence-corrected chi connectivity index (χ1v) is 16.0. The standard InChI is InChI=1S/C27H42N2O7S2/c1-15-9-8-10-20-21(29(20)38(7,34)35)12-22(16(2)11-19-14-37-18(4)28-19)36-24(31)13-23(30)27(5,6)26(33)17(3)25(15)32/h11,14-15,17,20-23,25,30,32H,8-10,12-13H2,1-7H3/b16-11+/t15-,17+,20+,21?,22?,23-,25-,29?/m0/s1. The first-order valence-electron chi connectivity index (χ1n) is 13.2. The Kier molecular flexibility index (Phi) is 9.62. The number of aliphatic hydroxyl groups is 2. The van der Waals surface area contributed by atoms with Crippen molar-refractivity contribution >= 4 is 39.2 Å². The molecule has 0 saturated carbocycles. The molecule has 1 aromatic heterocycles. The zero-order valence-corrected chi connectivity index (χ0v) is 25.0. The van der Waals surface area contributed by atoms with E-state index >= 15 is 0 Å². The summed E-state index contributed by atoms with van der Waals surface area (Å²) in [6.45, 7) is 10.4. The van der Waals surface area contributed by atoms with Crippen LogP contribution < -0.4 is 0 Å². The van der Waals surface area contributed by atoms with Crippen molar-refractivity contribution in [2.45, 2.75) is 104 Å². The van der Waals surface area contributed by atoms with Gasteiger partial charge in [-0.3, -0.25) is 9.59 Å². The van der Waals surface area contributed by atoms with Gasteiger partial charge in [0.05, 0.1) is 41.0 Å². The number of thiazole rings is 1. The van der Waals surface area contributed by atoms with Crippen LogP contribution in [0.4, 0.5) is 0 Å². The summed E-state index contributed by atoms with van der Waals surface area (Å²) in [7, 11) is -3.47. The zero-order valence-electron chi connectivity index (χ0n) is 23.4. The van der Waals surface area contributed by atoms with Crippen LogP contribution in [-0.2, 0) is 24.3 Å². The van der Waals surface area contributed by atoms with E-state index < -0.39 is 52.1 Å². The van der Waals surface area contributed by atoms with Crippen LogP contribution in [0.15, 0.2) is 11.0 Å². The van der Waals surface area contributed by atoms with Crippen molar-refractivity contribution < 1.29 is 33.0 Å². The maximum Gasteiger partial charge on any atom is 0.309 e. The summed E-state index contributed by atoms with van der Waals surface area (Å²) in [6.07, 6.45) is 1.85. The first-order chi connectivity index (χ1) is 17.5. The third-order valence-corrected chi connectivity index (χ3v) is 10.2. The summed E-state index contributed by atoms with van der Waals surface area (Å²) >= 11 is 1.50. The van der Waals surface area contributed by atoms with Crippen molar-refractivity contribution in [1.29, 1.82) is 0 Å². The Bertz CT molecular complexity index is 1160. The topological polar surface area (TPSA) is 134 Å². The van der Waals surface area contributed by atoms with Gasteiger partial charge in [-0.25, -0.2) is 13.4 Å². The number of carbonyl (C=O) groups is 2. The zero-order chi connectivity index (χ0) is 28.6. The van der Waals surface area contributed by atoms with Gasteiger partial charge in [0, 0.05) is 29.8 Å². The van der Waals surface area contributed by atoms with Crippen molar-refractivity contribution in [3.63, 3.8) is 0 Å². The fourth-order valence-electron chi connectivity index (χ4n) is 5.54. The third-order valence-electron chi connectivity index (χ3n) is 8.14. The molecule has 214 valence electrons. The van der Waals surface area contributed by atoms with Crippen LogP contribution in [0.5, 0.6) is 0 Å². The molecule has 0 radical (unpaired) electrons. The number of nitrogens with zero attached hydrogens (tertiary/aromatic N) is 2. The second kappa shape index (κ2) is 11.8. The fourth-order valence-corrected chi connectivity index (χ4v) is 7.51. The number of ether oxygens (including phenoxy) is 1. The quantitative estimate of drug-likeness (QED) is 0.418. The lowest BCUT2D eigenvalue weighted by atomic mass is 9.73. The third kappa shape index (κ3) is 7.10. The first kappa shape index (κ1) is 30.9. The fraction of sp³-hybridized carbons (Fsp3) is 0.741. The minimum atomic E-state index is -3.47. The molecule has 0 spiro atoms. The van der Waals surface area contributed by atoms with Crippen LogP contribution in [0, 0.1) is 24.2 Å². The Morgan fingerprint density at radius 1 is 1.21 bits per heavy atom. The highest BCUT2D eigenvalue weighted by Crippen LogP contribution is 2.41. The van der Waals surface area contributed by atoms with Crippen LogP contribution in [-0.4, -0.2) is 76.3 Å². The van der Waals surface area contributed by atoms with E-state index in [1.54, 1.807) is 20.8 Å². The van der Waals surface area contributed by atoms with E-state index in [1.165, 1.54) is 21.9 Å². The number of fused-ring (bicyclic) bond motifs is 1. The summed E-state index contributed by atoms with van der Waals surface area (Å²) in [4.78, 5) is 30.7. The molecule has 9 nitrogen and oxygen atoms in total. The maximum atomic E-state index is 13.3. The Balaban J connectivity index is 1.94. The average molecular weight is 571 g/mol. The van der Waals surface area contributed by atoms with Gasteiger partial charge >= 0.3 is 5.97 Å². The molecule has 0 aliphatic carbocycles. The number of hydrogen-bond acceptors (Lipinski definition) is 9. The maximum absolute atomic E-state index is 13.3. The molecule has 11 heteroatoms. The molecule has 2 aliphatic heterocycles. The van der Waals surface area contributed by atoms with Gasteiger partial charge < -0.3 is 14.9 Å². The number of cyclic esters (lactones) is 1. The van der Waals surface area contributed by atoms with Crippen molar-refractivity contribution in [1.82, 2.24) is 9.29 Å². The summed E-state index contributed by atoms with van der Waals surface area (Å²) in [5.74, 6) is -1.92. The van der Waals surface area contributed by atoms with Gasteiger partial charge in [-0.1, -0.05) is 34.1 Å². The van der Waals surface area contributed by atoms with Crippen LogP contribution in [0.1, 0.15) is 77.4 Å². The van der Waals surface area contributed by atoms with Gasteiger partial charge in [-0.2, -0.15) is 4.31 Å². The largest absolute Gasteiger partial charge is 0.458 e. The predicted octanol–water partition coefficient (Wildman–Crippen LogP) is 3.33. The molecular formula is C27H42N2O7S2. The molecule has 2 aliphatic rings. The summed E-state index contributed by atoms with van der Waals surface area (Å²) in [6, 6.07) is -0.542.